The molecule has 3 N–H and O–H groups in total. The van der Waals surface area contributed by atoms with Crippen molar-refractivity contribution >= 4 is 53.0 Å². The Morgan fingerprint density at radius 3 is 2.57 bits per heavy atom. The molecule has 0 atom stereocenters. The van der Waals surface area contributed by atoms with E-state index in [1.54, 1.807) is 18.4 Å². The largest absolute Gasteiger partial charge is 0.352 e. The maximum Gasteiger partial charge on any atom is 0.321 e. The van der Waals surface area contributed by atoms with Crippen molar-refractivity contribution in [3.8, 4) is 0 Å². The number of urea groups is 1. The van der Waals surface area contributed by atoms with E-state index in [9.17, 15) is 4.79 Å². The molecule has 28 heavy (non-hydrogen) atoms. The molecule has 1 fully saturated rings. The minimum absolute atomic E-state index is 0. The zero-order chi connectivity index (χ0) is 19.1. The maximum absolute atomic E-state index is 12.2. The van der Waals surface area contributed by atoms with Crippen LogP contribution in [0.2, 0.25) is 0 Å². The summed E-state index contributed by atoms with van der Waals surface area (Å²) < 4.78 is 0. The zero-order valence-corrected chi connectivity index (χ0v) is 19.5. The lowest BCUT2D eigenvalue weighted by Crippen LogP contribution is -2.36. The molecule has 2 heterocycles. The molecule has 2 aromatic rings. The molecule has 6 nitrogen and oxygen atoms in total. The second-order valence-electron chi connectivity index (χ2n) is 6.62. The summed E-state index contributed by atoms with van der Waals surface area (Å²) in [6, 6.07) is 12.2. The van der Waals surface area contributed by atoms with Crippen LogP contribution in [0, 0.1) is 6.92 Å². The van der Waals surface area contributed by atoms with E-state index in [1.165, 1.54) is 9.75 Å². The number of halogens is 1. The number of carbonyl (C=O) groups is 1. The third-order valence-electron chi connectivity index (χ3n) is 4.48. The molecule has 8 heteroatoms. The van der Waals surface area contributed by atoms with E-state index in [4.69, 9.17) is 0 Å². The number of thiophene rings is 1. The van der Waals surface area contributed by atoms with Gasteiger partial charge in [0.05, 0.1) is 6.54 Å². The molecule has 1 aromatic heterocycles. The first-order chi connectivity index (χ1) is 13.1. The van der Waals surface area contributed by atoms with Gasteiger partial charge in [-0.2, -0.15) is 0 Å². The number of nitrogens with zero attached hydrogens (tertiary/aromatic N) is 2. The van der Waals surface area contributed by atoms with Crippen LogP contribution in [0.3, 0.4) is 0 Å². The lowest BCUT2D eigenvalue weighted by Gasteiger charge is -2.17. The summed E-state index contributed by atoms with van der Waals surface area (Å²) in [6.07, 6.45) is 2.18. The topological polar surface area (TPSA) is 68.8 Å². The fraction of sp³-hybridized carbons (Fsp3) is 0.400. The fourth-order valence-electron chi connectivity index (χ4n) is 3.04. The van der Waals surface area contributed by atoms with Crippen LogP contribution in [0.4, 0.5) is 10.5 Å². The number of guanidine groups is 1. The highest BCUT2D eigenvalue weighted by Gasteiger charge is 2.17. The average molecular weight is 513 g/mol. The molecule has 1 saturated heterocycles. The number of likely N-dealkylation sites (tertiary alicyclic amines) is 1. The highest BCUT2D eigenvalue weighted by atomic mass is 127. The Morgan fingerprint density at radius 1 is 1.14 bits per heavy atom. The van der Waals surface area contributed by atoms with E-state index in [-0.39, 0.29) is 30.0 Å². The molecule has 0 bridgehead atoms. The Morgan fingerprint density at radius 2 is 1.89 bits per heavy atom. The van der Waals surface area contributed by atoms with Crippen LogP contribution in [0.25, 0.3) is 0 Å². The first-order valence-corrected chi connectivity index (χ1v) is 10.1. The van der Waals surface area contributed by atoms with Gasteiger partial charge in [-0.05, 0) is 49.6 Å². The molecule has 1 aromatic carbocycles. The Hall–Kier alpha value is -1.81. The third-order valence-corrected chi connectivity index (χ3v) is 5.48. The summed E-state index contributed by atoms with van der Waals surface area (Å²) in [5.74, 6) is 0.757. The van der Waals surface area contributed by atoms with Crippen LogP contribution in [0.5, 0.6) is 0 Å². The number of aryl methyl sites for hydroxylation is 1. The Labute approximate surface area is 187 Å². The van der Waals surface area contributed by atoms with Gasteiger partial charge in [-0.1, -0.05) is 12.1 Å². The number of anilines is 1. The van der Waals surface area contributed by atoms with Gasteiger partial charge < -0.3 is 20.9 Å². The lowest BCUT2D eigenvalue weighted by molar-refractivity contribution is 0.222. The summed E-state index contributed by atoms with van der Waals surface area (Å²) in [5, 5.41) is 9.63. The van der Waals surface area contributed by atoms with Crippen LogP contribution in [-0.2, 0) is 13.1 Å². The fourth-order valence-corrected chi connectivity index (χ4v) is 3.87. The molecule has 0 radical (unpaired) electrons. The predicted molar refractivity (Wildman–Crippen MR) is 128 cm³/mol. The number of rotatable bonds is 5. The first-order valence-electron chi connectivity index (χ1n) is 9.29. The summed E-state index contributed by atoms with van der Waals surface area (Å²) in [4.78, 5) is 21.0. The van der Waals surface area contributed by atoms with Gasteiger partial charge in [0, 0.05) is 42.1 Å². The normalized spacial score (nSPS) is 13.8. The molecule has 0 saturated carbocycles. The molecular formula is C20H28IN5OS. The van der Waals surface area contributed by atoms with Crippen molar-refractivity contribution in [3.63, 3.8) is 0 Å². The highest BCUT2D eigenvalue weighted by Crippen LogP contribution is 2.15. The summed E-state index contributed by atoms with van der Waals surface area (Å²) >= 11 is 1.78. The number of hydrogen-bond acceptors (Lipinski definition) is 3. The molecular weight excluding hydrogens is 485 g/mol. The van der Waals surface area contributed by atoms with Crippen molar-refractivity contribution in [1.29, 1.82) is 0 Å². The minimum atomic E-state index is -0.0127. The Kier molecular flexibility index (Phi) is 9.04. The summed E-state index contributed by atoms with van der Waals surface area (Å²) in [6.45, 7) is 5.19. The minimum Gasteiger partial charge on any atom is -0.352 e. The number of carbonyl (C=O) groups excluding carboxylic acids is 1. The Bertz CT molecular complexity index is 801. The number of aliphatic imine (C=N–C) groups is 1. The molecule has 3 rings (SSSR count). The van der Waals surface area contributed by atoms with Gasteiger partial charge in [0.15, 0.2) is 5.96 Å². The van der Waals surface area contributed by atoms with Crippen LogP contribution < -0.4 is 16.0 Å². The molecule has 2 amide bonds. The van der Waals surface area contributed by atoms with Gasteiger partial charge in [-0.3, -0.25) is 4.99 Å². The predicted octanol–water partition coefficient (Wildman–Crippen LogP) is 4.17. The van der Waals surface area contributed by atoms with Crippen molar-refractivity contribution < 1.29 is 4.79 Å². The van der Waals surface area contributed by atoms with Gasteiger partial charge in [-0.25, -0.2) is 4.79 Å². The van der Waals surface area contributed by atoms with Crippen LogP contribution in [0.1, 0.15) is 28.2 Å². The van der Waals surface area contributed by atoms with Crippen molar-refractivity contribution in [3.05, 3.63) is 51.7 Å². The summed E-state index contributed by atoms with van der Waals surface area (Å²) in [5.41, 5.74) is 1.91. The molecule has 0 unspecified atom stereocenters. The second-order valence-corrected chi connectivity index (χ2v) is 7.99. The number of hydrogen-bond donors (Lipinski definition) is 3. The first kappa shape index (κ1) is 22.5. The number of amides is 2. The van der Waals surface area contributed by atoms with Gasteiger partial charge in [0.2, 0.25) is 0 Å². The monoisotopic (exact) mass is 513 g/mol. The lowest BCUT2D eigenvalue weighted by atomic mass is 10.2. The molecule has 0 spiro atoms. The SMILES string of the molecule is CN=C(NCc1cccc(NC(=O)N2CCCC2)c1)NCc1ccc(C)s1.I. The van der Waals surface area contributed by atoms with E-state index in [2.05, 4.69) is 40.0 Å². The quantitative estimate of drug-likeness (QED) is 0.320. The molecule has 152 valence electrons. The van der Waals surface area contributed by atoms with Gasteiger partial charge in [0.25, 0.3) is 0 Å². The van der Waals surface area contributed by atoms with Crippen LogP contribution in [0.15, 0.2) is 41.4 Å². The maximum atomic E-state index is 12.2. The second kappa shape index (κ2) is 11.3. The smallest absolute Gasteiger partial charge is 0.321 e. The van der Waals surface area contributed by atoms with E-state index < -0.39 is 0 Å². The average Bonchev–Trinajstić information content (AvgIpc) is 3.34. The van der Waals surface area contributed by atoms with Crippen molar-refractivity contribution in [2.24, 2.45) is 4.99 Å². The van der Waals surface area contributed by atoms with Crippen molar-refractivity contribution in [2.45, 2.75) is 32.9 Å². The van der Waals surface area contributed by atoms with E-state index in [0.717, 1.165) is 49.7 Å². The molecule has 1 aliphatic rings. The number of nitrogens with one attached hydrogen (secondary N) is 3. The van der Waals surface area contributed by atoms with Gasteiger partial charge in [-0.15, -0.1) is 35.3 Å². The summed E-state index contributed by atoms with van der Waals surface area (Å²) in [7, 11) is 1.77. The highest BCUT2D eigenvalue weighted by molar-refractivity contribution is 14.0. The van der Waals surface area contributed by atoms with E-state index in [0.29, 0.717) is 6.54 Å². The van der Waals surface area contributed by atoms with Crippen molar-refractivity contribution in [2.75, 3.05) is 25.5 Å². The third kappa shape index (κ3) is 6.66. The Balaban J connectivity index is 0.00000280. The molecule has 1 aliphatic heterocycles. The standard InChI is InChI=1S/C20H27N5OS.HI/c1-15-8-9-18(27-15)14-23-19(21-2)22-13-16-6-5-7-17(12-16)24-20(26)25-10-3-4-11-25;/h5-9,12H,3-4,10-11,13-14H2,1-2H3,(H,24,26)(H2,21,22,23);1H. The van der Waals surface area contributed by atoms with Crippen molar-refractivity contribution in [1.82, 2.24) is 15.5 Å². The van der Waals surface area contributed by atoms with Crippen LogP contribution in [-0.4, -0.2) is 37.0 Å². The van der Waals surface area contributed by atoms with E-state index in [1.807, 2.05) is 29.2 Å². The molecule has 0 aliphatic carbocycles. The zero-order valence-electron chi connectivity index (χ0n) is 16.3. The van der Waals surface area contributed by atoms with Gasteiger partial charge >= 0.3 is 6.03 Å². The van der Waals surface area contributed by atoms with E-state index >= 15 is 0 Å². The van der Waals surface area contributed by atoms with Crippen LogP contribution >= 0.6 is 35.3 Å². The van der Waals surface area contributed by atoms with Gasteiger partial charge in [0.1, 0.15) is 0 Å². The number of benzene rings is 1.